The summed E-state index contributed by atoms with van der Waals surface area (Å²) in [5, 5.41) is 0. The van der Waals surface area contributed by atoms with E-state index < -0.39 is 0 Å². The quantitative estimate of drug-likeness (QED) is 0.676. The van der Waals surface area contributed by atoms with Crippen molar-refractivity contribution >= 4 is 12.0 Å². The second-order valence-corrected chi connectivity index (χ2v) is 8.33. The van der Waals surface area contributed by atoms with Gasteiger partial charge in [0.25, 0.3) is 0 Å². The molecule has 6 heteroatoms. The van der Waals surface area contributed by atoms with Crippen LogP contribution in [0.3, 0.4) is 0 Å². The number of piperazine rings is 1. The fraction of sp³-hybridized carbons (Fsp3) is 0.458. The zero-order valence-corrected chi connectivity index (χ0v) is 18.0. The van der Waals surface area contributed by atoms with Crippen molar-refractivity contribution in [3.05, 3.63) is 58.7 Å². The predicted molar refractivity (Wildman–Crippen MR) is 116 cm³/mol. The Balaban J connectivity index is 1.31. The lowest BCUT2D eigenvalue weighted by molar-refractivity contribution is -0.127. The lowest BCUT2D eigenvalue weighted by atomic mass is 10.1. The van der Waals surface area contributed by atoms with Crippen molar-refractivity contribution in [3.8, 4) is 5.75 Å². The number of amides is 1. The third kappa shape index (κ3) is 4.43. The van der Waals surface area contributed by atoms with Crippen LogP contribution in [-0.2, 0) is 11.3 Å². The average molecular weight is 412 g/mol. The standard InChI is InChI=1S/C24H30FN3O2/c1-17-14-20(18(2)28(17)21-6-7-21)5-9-24(29)27-12-10-26(11-13-27)16-19-4-8-23(30-3)22(25)15-19/h4-5,8-9,14-15,21H,6-7,10-13,16H2,1-3H3/b9-5+. The Hall–Kier alpha value is -2.60. The molecule has 1 aliphatic carbocycles. The molecule has 0 spiro atoms. The van der Waals surface area contributed by atoms with Crippen LogP contribution in [0.15, 0.2) is 30.3 Å². The molecule has 1 amide bonds. The zero-order chi connectivity index (χ0) is 21.3. The van der Waals surface area contributed by atoms with Crippen LogP contribution in [-0.4, -0.2) is 53.6 Å². The summed E-state index contributed by atoms with van der Waals surface area (Å²) in [5.74, 6) is -0.0183. The summed E-state index contributed by atoms with van der Waals surface area (Å²) in [6.07, 6.45) is 6.17. The van der Waals surface area contributed by atoms with Gasteiger partial charge in [0.15, 0.2) is 11.6 Å². The van der Waals surface area contributed by atoms with Crippen LogP contribution in [0, 0.1) is 19.7 Å². The normalized spacial score (nSPS) is 17.7. The third-order valence-corrected chi connectivity index (χ3v) is 6.15. The minimum atomic E-state index is -0.338. The highest BCUT2D eigenvalue weighted by Crippen LogP contribution is 2.38. The molecular weight excluding hydrogens is 381 g/mol. The van der Waals surface area contributed by atoms with Gasteiger partial charge < -0.3 is 14.2 Å². The Kier molecular flexibility index (Phi) is 5.95. The molecule has 5 nitrogen and oxygen atoms in total. The zero-order valence-electron chi connectivity index (χ0n) is 18.0. The molecule has 160 valence electrons. The molecule has 0 N–H and O–H groups in total. The summed E-state index contributed by atoms with van der Waals surface area (Å²) in [6, 6.07) is 7.89. The van der Waals surface area contributed by atoms with Crippen LogP contribution >= 0.6 is 0 Å². The molecule has 2 fully saturated rings. The molecule has 0 atom stereocenters. The molecule has 2 aromatic rings. The number of benzene rings is 1. The van der Waals surface area contributed by atoms with Crippen molar-refractivity contribution in [2.45, 2.75) is 39.3 Å². The Morgan fingerprint density at radius 2 is 1.90 bits per heavy atom. The fourth-order valence-corrected chi connectivity index (χ4v) is 4.33. The molecule has 1 saturated carbocycles. The van der Waals surface area contributed by atoms with Crippen molar-refractivity contribution in [2.24, 2.45) is 0 Å². The average Bonchev–Trinajstić information content (AvgIpc) is 3.52. The second-order valence-electron chi connectivity index (χ2n) is 8.33. The number of aryl methyl sites for hydroxylation is 1. The van der Waals surface area contributed by atoms with Gasteiger partial charge in [-0.25, -0.2) is 4.39 Å². The summed E-state index contributed by atoms with van der Waals surface area (Å²) in [4.78, 5) is 16.8. The van der Waals surface area contributed by atoms with Crippen LogP contribution in [0.25, 0.3) is 6.08 Å². The Bertz CT molecular complexity index is 954. The molecule has 0 unspecified atom stereocenters. The van der Waals surface area contributed by atoms with E-state index >= 15 is 0 Å². The smallest absolute Gasteiger partial charge is 0.246 e. The first-order chi connectivity index (χ1) is 14.5. The maximum atomic E-state index is 13.9. The van der Waals surface area contributed by atoms with Crippen LogP contribution in [0.2, 0.25) is 0 Å². The maximum Gasteiger partial charge on any atom is 0.246 e. The lowest BCUT2D eigenvalue weighted by Gasteiger charge is -2.34. The topological polar surface area (TPSA) is 37.7 Å². The summed E-state index contributed by atoms with van der Waals surface area (Å²) in [5.41, 5.74) is 4.56. The number of halogens is 1. The monoisotopic (exact) mass is 411 g/mol. The summed E-state index contributed by atoms with van der Waals surface area (Å²) in [7, 11) is 1.47. The third-order valence-electron chi connectivity index (χ3n) is 6.15. The van der Waals surface area contributed by atoms with Gasteiger partial charge in [-0.15, -0.1) is 0 Å². The highest BCUT2D eigenvalue weighted by molar-refractivity contribution is 5.92. The van der Waals surface area contributed by atoms with Crippen molar-refractivity contribution in [3.63, 3.8) is 0 Å². The van der Waals surface area contributed by atoms with Crippen molar-refractivity contribution < 1.29 is 13.9 Å². The van der Waals surface area contributed by atoms with Crippen LogP contribution < -0.4 is 4.74 Å². The van der Waals surface area contributed by atoms with Crippen LogP contribution in [0.5, 0.6) is 5.75 Å². The van der Waals surface area contributed by atoms with E-state index in [4.69, 9.17) is 4.74 Å². The first-order valence-corrected chi connectivity index (χ1v) is 10.7. The number of carbonyl (C=O) groups is 1. The molecule has 1 aromatic heterocycles. The van der Waals surface area contributed by atoms with Gasteiger partial charge in [0.05, 0.1) is 7.11 Å². The van der Waals surface area contributed by atoms with E-state index in [9.17, 15) is 9.18 Å². The largest absolute Gasteiger partial charge is 0.494 e. The fourth-order valence-electron chi connectivity index (χ4n) is 4.33. The van der Waals surface area contributed by atoms with Gasteiger partial charge in [-0.3, -0.25) is 9.69 Å². The number of hydrogen-bond acceptors (Lipinski definition) is 3. The van der Waals surface area contributed by atoms with E-state index in [2.05, 4.69) is 29.4 Å². The van der Waals surface area contributed by atoms with Gasteiger partial charge in [-0.2, -0.15) is 0 Å². The number of carbonyl (C=O) groups excluding carboxylic acids is 1. The van der Waals surface area contributed by atoms with Gasteiger partial charge in [0.1, 0.15) is 0 Å². The number of methoxy groups -OCH3 is 1. The summed E-state index contributed by atoms with van der Waals surface area (Å²) < 4.78 is 21.3. The lowest BCUT2D eigenvalue weighted by Crippen LogP contribution is -2.47. The van der Waals surface area contributed by atoms with E-state index in [0.29, 0.717) is 25.7 Å². The van der Waals surface area contributed by atoms with Gasteiger partial charge in [-0.1, -0.05) is 6.07 Å². The maximum absolute atomic E-state index is 13.9. The molecule has 1 aliphatic heterocycles. The number of ether oxygens (including phenoxy) is 1. The Morgan fingerprint density at radius 3 is 2.53 bits per heavy atom. The summed E-state index contributed by atoms with van der Waals surface area (Å²) in [6.45, 7) is 7.87. The molecule has 30 heavy (non-hydrogen) atoms. The predicted octanol–water partition coefficient (Wildman–Crippen LogP) is 3.95. The molecule has 2 heterocycles. The minimum Gasteiger partial charge on any atom is -0.494 e. The van der Waals surface area contributed by atoms with Crippen molar-refractivity contribution in [1.29, 1.82) is 0 Å². The molecule has 4 rings (SSSR count). The number of aromatic nitrogens is 1. The molecule has 1 saturated heterocycles. The number of rotatable bonds is 6. The molecule has 0 radical (unpaired) electrons. The number of hydrogen-bond donors (Lipinski definition) is 0. The van der Waals surface area contributed by atoms with Crippen molar-refractivity contribution in [1.82, 2.24) is 14.4 Å². The molecular formula is C24H30FN3O2. The van der Waals surface area contributed by atoms with Gasteiger partial charge in [0.2, 0.25) is 5.91 Å². The Morgan fingerprint density at radius 1 is 1.17 bits per heavy atom. The SMILES string of the molecule is COc1ccc(CN2CCN(C(=O)/C=C/c3cc(C)n(C4CC4)c3C)CC2)cc1F. The summed E-state index contributed by atoms with van der Waals surface area (Å²) >= 11 is 0. The van der Waals surface area contributed by atoms with E-state index in [-0.39, 0.29) is 17.5 Å². The van der Waals surface area contributed by atoms with Crippen LogP contribution in [0.4, 0.5) is 4.39 Å². The van der Waals surface area contributed by atoms with E-state index in [1.165, 1.54) is 37.4 Å². The number of nitrogens with zero attached hydrogens (tertiary/aromatic N) is 3. The first-order valence-electron chi connectivity index (χ1n) is 10.7. The molecule has 1 aromatic carbocycles. The highest BCUT2D eigenvalue weighted by Gasteiger charge is 2.26. The first kappa shape index (κ1) is 20.7. The highest BCUT2D eigenvalue weighted by atomic mass is 19.1. The Labute approximate surface area is 177 Å². The van der Waals surface area contributed by atoms with E-state index in [1.54, 1.807) is 12.1 Å². The van der Waals surface area contributed by atoms with Gasteiger partial charge in [0, 0.05) is 56.2 Å². The molecule has 2 aliphatic rings. The van der Waals surface area contributed by atoms with Gasteiger partial charge >= 0.3 is 0 Å². The second kappa shape index (κ2) is 8.64. The van der Waals surface area contributed by atoms with Crippen molar-refractivity contribution in [2.75, 3.05) is 33.3 Å². The van der Waals surface area contributed by atoms with Crippen LogP contribution in [0.1, 0.15) is 41.4 Å². The van der Waals surface area contributed by atoms with E-state index in [1.807, 2.05) is 17.0 Å². The van der Waals surface area contributed by atoms with E-state index in [0.717, 1.165) is 24.2 Å². The molecule has 0 bridgehead atoms. The van der Waals surface area contributed by atoms with Gasteiger partial charge in [-0.05, 0) is 62.1 Å². The minimum absolute atomic E-state index is 0.0568.